The molecule has 0 saturated heterocycles. The van der Waals surface area contributed by atoms with Crippen molar-refractivity contribution in [2.45, 2.75) is 11.1 Å². The molecule has 1 heterocycles. The monoisotopic (exact) mass is 345 g/mol. The molecule has 1 N–H and O–H groups in total. The maximum absolute atomic E-state index is 12.5. The number of amides is 1. The predicted molar refractivity (Wildman–Crippen MR) is 92.2 cm³/mol. The molecule has 7 heteroatoms. The van der Waals surface area contributed by atoms with Gasteiger partial charge in [-0.1, -0.05) is 24.3 Å². The summed E-state index contributed by atoms with van der Waals surface area (Å²) in [4.78, 5) is 14.3. The van der Waals surface area contributed by atoms with Gasteiger partial charge >= 0.3 is 0 Å². The molecule has 1 amide bonds. The van der Waals surface area contributed by atoms with Gasteiger partial charge in [0, 0.05) is 26.8 Å². The number of para-hydroxylation sites is 1. The summed E-state index contributed by atoms with van der Waals surface area (Å²) in [6.07, 6.45) is -0.426. The number of benzene rings is 2. The summed E-state index contributed by atoms with van der Waals surface area (Å²) < 4.78 is 25.8. The number of carbonyl (C=O) groups excluding carboxylic acids is 1. The van der Waals surface area contributed by atoms with E-state index in [1.165, 1.54) is 18.4 Å². The van der Waals surface area contributed by atoms with Crippen LogP contribution in [0.3, 0.4) is 0 Å². The van der Waals surface area contributed by atoms with Gasteiger partial charge < -0.3 is 10.2 Å². The number of fused-ring (bicyclic) bond motifs is 1. The lowest BCUT2D eigenvalue weighted by molar-refractivity contribution is 0.0735. The molecule has 2 aromatic rings. The maximum atomic E-state index is 12.5. The minimum atomic E-state index is -3.53. The number of rotatable bonds is 3. The first-order valence-electron chi connectivity index (χ1n) is 7.47. The highest BCUT2D eigenvalue weighted by Gasteiger charge is 2.30. The normalized spacial score (nSPS) is 17.6. The number of hydrogen-bond acceptors (Lipinski definition) is 4. The highest BCUT2D eigenvalue weighted by molar-refractivity contribution is 7.89. The van der Waals surface area contributed by atoms with Crippen molar-refractivity contribution in [1.82, 2.24) is 9.21 Å². The van der Waals surface area contributed by atoms with Gasteiger partial charge in [-0.3, -0.25) is 4.79 Å². The van der Waals surface area contributed by atoms with Crippen LogP contribution in [0, 0.1) is 0 Å². The first-order chi connectivity index (χ1) is 11.3. The van der Waals surface area contributed by atoms with Crippen LogP contribution in [-0.4, -0.2) is 44.7 Å². The van der Waals surface area contributed by atoms with E-state index in [-0.39, 0.29) is 10.8 Å². The summed E-state index contributed by atoms with van der Waals surface area (Å²) in [6.45, 7) is 0. The van der Waals surface area contributed by atoms with E-state index >= 15 is 0 Å². The van der Waals surface area contributed by atoms with Crippen LogP contribution in [0.5, 0.6) is 0 Å². The van der Waals surface area contributed by atoms with Crippen molar-refractivity contribution in [1.29, 1.82) is 0 Å². The lowest BCUT2D eigenvalue weighted by Gasteiger charge is -2.35. The van der Waals surface area contributed by atoms with Gasteiger partial charge in [-0.05, 0) is 29.8 Å². The predicted octanol–water partition coefficient (Wildman–Crippen LogP) is 2.13. The Morgan fingerprint density at radius 1 is 1.08 bits per heavy atom. The molecule has 0 bridgehead atoms. The van der Waals surface area contributed by atoms with Gasteiger partial charge in [0.15, 0.2) is 0 Å². The fraction of sp³-hybridized carbons (Fsp3) is 0.235. The van der Waals surface area contributed by atoms with E-state index < -0.39 is 16.2 Å². The Bertz CT molecular complexity index is 893. The second-order valence-electron chi connectivity index (χ2n) is 5.87. The molecule has 6 nitrogen and oxygen atoms in total. The number of sulfonamides is 1. The van der Waals surface area contributed by atoms with Crippen molar-refractivity contribution < 1.29 is 13.2 Å². The SMILES string of the molecule is CN1C(=O)c2ccccc2NC1c1cccc(S(=O)(=O)N(C)C)c1. The average molecular weight is 345 g/mol. The molecule has 0 spiro atoms. The molecular formula is C17H19N3O3S. The van der Waals surface area contributed by atoms with Gasteiger partial charge in [0.1, 0.15) is 6.17 Å². The molecule has 0 radical (unpaired) electrons. The van der Waals surface area contributed by atoms with E-state index in [0.717, 1.165) is 5.69 Å². The maximum Gasteiger partial charge on any atom is 0.257 e. The van der Waals surface area contributed by atoms with Gasteiger partial charge in [0.2, 0.25) is 10.0 Å². The van der Waals surface area contributed by atoms with Crippen LogP contribution in [0.4, 0.5) is 5.69 Å². The second kappa shape index (κ2) is 5.92. The Morgan fingerprint density at radius 2 is 1.79 bits per heavy atom. The van der Waals surface area contributed by atoms with E-state index in [1.807, 2.05) is 24.3 Å². The van der Waals surface area contributed by atoms with Crippen LogP contribution < -0.4 is 5.32 Å². The molecule has 0 aromatic heterocycles. The number of hydrogen-bond donors (Lipinski definition) is 1. The Labute approximate surface area is 141 Å². The molecule has 1 aliphatic heterocycles. The van der Waals surface area contributed by atoms with Crippen LogP contribution in [0.1, 0.15) is 22.1 Å². The summed E-state index contributed by atoms with van der Waals surface area (Å²) in [6, 6.07) is 13.9. The minimum absolute atomic E-state index is 0.102. The highest BCUT2D eigenvalue weighted by Crippen LogP contribution is 2.32. The summed E-state index contributed by atoms with van der Waals surface area (Å²) >= 11 is 0. The van der Waals surface area contributed by atoms with Crippen molar-refractivity contribution in [3.63, 3.8) is 0 Å². The molecule has 0 fully saturated rings. The van der Waals surface area contributed by atoms with Gasteiger partial charge in [0.25, 0.3) is 5.91 Å². The lowest BCUT2D eigenvalue weighted by atomic mass is 10.0. The number of anilines is 1. The van der Waals surface area contributed by atoms with Crippen molar-refractivity contribution in [3.05, 3.63) is 59.7 Å². The number of nitrogens with one attached hydrogen (secondary N) is 1. The fourth-order valence-corrected chi connectivity index (χ4v) is 3.67. The molecule has 24 heavy (non-hydrogen) atoms. The molecular weight excluding hydrogens is 326 g/mol. The number of carbonyl (C=O) groups is 1. The first kappa shape index (κ1) is 16.5. The zero-order valence-corrected chi connectivity index (χ0v) is 14.5. The van der Waals surface area contributed by atoms with E-state index in [4.69, 9.17) is 0 Å². The van der Waals surface area contributed by atoms with Crippen molar-refractivity contribution in [2.75, 3.05) is 26.5 Å². The van der Waals surface area contributed by atoms with Crippen LogP contribution in [0.15, 0.2) is 53.4 Å². The third-order valence-electron chi connectivity index (χ3n) is 4.11. The standard InChI is InChI=1S/C17H19N3O3S/c1-19(2)24(22,23)13-8-6-7-12(11-13)16-18-15-10-5-4-9-14(15)17(21)20(16)3/h4-11,16,18H,1-3H3. The van der Waals surface area contributed by atoms with Crippen LogP contribution >= 0.6 is 0 Å². The van der Waals surface area contributed by atoms with E-state index in [2.05, 4.69) is 5.32 Å². The van der Waals surface area contributed by atoms with Gasteiger partial charge in [-0.25, -0.2) is 12.7 Å². The van der Waals surface area contributed by atoms with Crippen molar-refractivity contribution >= 4 is 21.6 Å². The molecule has 2 aromatic carbocycles. The molecule has 3 rings (SSSR count). The van der Waals surface area contributed by atoms with E-state index in [1.54, 1.807) is 36.2 Å². The van der Waals surface area contributed by atoms with Crippen molar-refractivity contribution in [2.24, 2.45) is 0 Å². The fourth-order valence-electron chi connectivity index (χ4n) is 2.71. The Morgan fingerprint density at radius 3 is 2.50 bits per heavy atom. The second-order valence-corrected chi connectivity index (χ2v) is 8.02. The summed E-state index contributed by atoms with van der Waals surface area (Å²) in [7, 11) is 1.16. The lowest BCUT2D eigenvalue weighted by Crippen LogP contribution is -2.40. The molecule has 0 aliphatic carbocycles. The average Bonchev–Trinajstić information content (AvgIpc) is 2.58. The Balaban J connectivity index is 2.03. The van der Waals surface area contributed by atoms with Crippen molar-refractivity contribution in [3.8, 4) is 0 Å². The van der Waals surface area contributed by atoms with Gasteiger partial charge in [-0.15, -0.1) is 0 Å². The summed E-state index contributed by atoms with van der Waals surface area (Å²) in [5.74, 6) is -0.102. The van der Waals surface area contributed by atoms with Gasteiger partial charge in [0.05, 0.1) is 10.5 Å². The van der Waals surface area contributed by atoms with Crippen LogP contribution in [-0.2, 0) is 10.0 Å². The smallest absolute Gasteiger partial charge is 0.257 e. The first-order valence-corrected chi connectivity index (χ1v) is 8.91. The van der Waals surface area contributed by atoms with Crippen LogP contribution in [0.25, 0.3) is 0 Å². The molecule has 1 aliphatic rings. The highest BCUT2D eigenvalue weighted by atomic mass is 32.2. The molecule has 1 atom stereocenters. The summed E-state index contributed by atoms with van der Waals surface area (Å²) in [5, 5.41) is 3.30. The van der Waals surface area contributed by atoms with Gasteiger partial charge in [-0.2, -0.15) is 0 Å². The Kier molecular flexibility index (Phi) is 4.06. The topological polar surface area (TPSA) is 69.7 Å². The largest absolute Gasteiger partial charge is 0.361 e. The van der Waals surface area contributed by atoms with Crippen LogP contribution in [0.2, 0.25) is 0 Å². The third-order valence-corrected chi connectivity index (χ3v) is 5.92. The van der Waals surface area contributed by atoms with E-state index in [9.17, 15) is 13.2 Å². The molecule has 126 valence electrons. The molecule has 0 saturated carbocycles. The number of nitrogens with zero attached hydrogens (tertiary/aromatic N) is 2. The third kappa shape index (κ3) is 2.65. The molecule has 1 unspecified atom stereocenters. The zero-order chi connectivity index (χ0) is 17.5. The van der Waals surface area contributed by atoms with E-state index in [0.29, 0.717) is 11.1 Å². The Hall–Kier alpha value is -2.38. The zero-order valence-electron chi connectivity index (χ0n) is 13.7. The summed E-state index contributed by atoms with van der Waals surface area (Å²) in [5.41, 5.74) is 2.06. The quantitative estimate of drug-likeness (QED) is 0.925. The minimum Gasteiger partial charge on any atom is -0.361 e.